The maximum Gasteiger partial charge on any atom is 0.222 e. The van der Waals surface area contributed by atoms with E-state index >= 15 is 0 Å². The Balaban J connectivity index is 2.36. The SMILES string of the molecule is CCOCCC(=O)NCc1ccccc1CC. The molecule has 0 saturated heterocycles. The Morgan fingerprint density at radius 2 is 1.94 bits per heavy atom. The number of ether oxygens (including phenoxy) is 1. The quantitative estimate of drug-likeness (QED) is 0.736. The standard InChI is InChI=1S/C14H21NO2/c1-3-12-7-5-6-8-13(12)11-15-14(16)9-10-17-4-2/h5-8H,3-4,9-11H2,1-2H3,(H,15,16). The number of rotatable bonds is 7. The number of carbonyl (C=O) groups excluding carboxylic acids is 1. The Morgan fingerprint density at radius 3 is 2.59 bits per heavy atom. The molecule has 0 unspecified atom stereocenters. The Labute approximate surface area is 103 Å². The van der Waals surface area contributed by atoms with Crippen molar-refractivity contribution in [2.75, 3.05) is 13.2 Å². The van der Waals surface area contributed by atoms with Gasteiger partial charge in [0.15, 0.2) is 0 Å². The lowest BCUT2D eigenvalue weighted by Crippen LogP contribution is -2.24. The molecule has 1 N–H and O–H groups in total. The summed E-state index contributed by atoms with van der Waals surface area (Å²) in [6.45, 7) is 5.81. The maximum atomic E-state index is 11.5. The molecular weight excluding hydrogens is 214 g/mol. The second-order valence-electron chi connectivity index (χ2n) is 3.85. The number of amides is 1. The van der Waals surface area contributed by atoms with E-state index in [1.165, 1.54) is 11.1 Å². The molecule has 0 saturated carbocycles. The summed E-state index contributed by atoms with van der Waals surface area (Å²) in [7, 11) is 0. The van der Waals surface area contributed by atoms with Crippen molar-refractivity contribution in [1.82, 2.24) is 5.32 Å². The molecule has 0 atom stereocenters. The lowest BCUT2D eigenvalue weighted by molar-refractivity contribution is -0.122. The van der Waals surface area contributed by atoms with Crippen LogP contribution in [0.15, 0.2) is 24.3 Å². The molecule has 3 heteroatoms. The van der Waals surface area contributed by atoms with Gasteiger partial charge in [-0.15, -0.1) is 0 Å². The van der Waals surface area contributed by atoms with Crippen molar-refractivity contribution in [2.45, 2.75) is 33.2 Å². The van der Waals surface area contributed by atoms with E-state index in [2.05, 4.69) is 24.4 Å². The molecule has 1 aromatic rings. The van der Waals surface area contributed by atoms with Crippen LogP contribution in [-0.4, -0.2) is 19.1 Å². The smallest absolute Gasteiger partial charge is 0.222 e. The van der Waals surface area contributed by atoms with Crippen molar-refractivity contribution in [2.24, 2.45) is 0 Å². The summed E-state index contributed by atoms with van der Waals surface area (Å²) >= 11 is 0. The average Bonchev–Trinajstić information content (AvgIpc) is 2.37. The van der Waals surface area contributed by atoms with Crippen molar-refractivity contribution >= 4 is 5.91 Å². The Morgan fingerprint density at radius 1 is 1.24 bits per heavy atom. The monoisotopic (exact) mass is 235 g/mol. The van der Waals surface area contributed by atoms with Crippen LogP contribution in [0.3, 0.4) is 0 Å². The van der Waals surface area contributed by atoms with Crippen LogP contribution in [0.1, 0.15) is 31.4 Å². The fourth-order valence-electron chi connectivity index (χ4n) is 1.67. The molecule has 0 aliphatic carbocycles. The van der Waals surface area contributed by atoms with Gasteiger partial charge in [0.1, 0.15) is 0 Å². The zero-order valence-electron chi connectivity index (χ0n) is 10.7. The molecule has 1 rings (SSSR count). The molecule has 0 spiro atoms. The summed E-state index contributed by atoms with van der Waals surface area (Å²) in [5.74, 6) is 0.0457. The van der Waals surface area contributed by atoms with Crippen molar-refractivity contribution in [3.05, 3.63) is 35.4 Å². The normalized spacial score (nSPS) is 10.2. The first-order chi connectivity index (χ1) is 8.27. The second-order valence-corrected chi connectivity index (χ2v) is 3.85. The van der Waals surface area contributed by atoms with Crippen LogP contribution in [-0.2, 0) is 22.5 Å². The molecule has 0 aromatic heterocycles. The Hall–Kier alpha value is -1.35. The molecule has 0 aliphatic heterocycles. The third-order valence-corrected chi connectivity index (χ3v) is 2.65. The van der Waals surface area contributed by atoms with Crippen molar-refractivity contribution in [3.8, 4) is 0 Å². The van der Waals surface area contributed by atoms with E-state index in [-0.39, 0.29) is 5.91 Å². The van der Waals surface area contributed by atoms with Gasteiger partial charge in [0, 0.05) is 19.6 Å². The largest absolute Gasteiger partial charge is 0.381 e. The van der Waals surface area contributed by atoms with Crippen LogP contribution in [0.2, 0.25) is 0 Å². The van der Waals surface area contributed by atoms with Gasteiger partial charge in [0.05, 0.1) is 6.61 Å². The molecule has 0 bridgehead atoms. The first-order valence-electron chi connectivity index (χ1n) is 6.19. The van der Waals surface area contributed by atoms with E-state index in [0.29, 0.717) is 26.2 Å². The minimum Gasteiger partial charge on any atom is -0.381 e. The highest BCUT2D eigenvalue weighted by Gasteiger charge is 2.03. The van der Waals surface area contributed by atoms with Crippen molar-refractivity contribution in [1.29, 1.82) is 0 Å². The second kappa shape index (κ2) is 7.85. The number of benzene rings is 1. The first kappa shape index (κ1) is 13.7. The number of hydrogen-bond acceptors (Lipinski definition) is 2. The zero-order valence-corrected chi connectivity index (χ0v) is 10.7. The fraction of sp³-hybridized carbons (Fsp3) is 0.500. The van der Waals surface area contributed by atoms with Gasteiger partial charge in [-0.25, -0.2) is 0 Å². The molecule has 1 aromatic carbocycles. The lowest BCUT2D eigenvalue weighted by Gasteiger charge is -2.09. The molecule has 0 aliphatic rings. The van der Waals surface area contributed by atoms with Gasteiger partial charge in [-0.05, 0) is 24.5 Å². The number of aryl methyl sites for hydroxylation is 1. The lowest BCUT2D eigenvalue weighted by atomic mass is 10.1. The predicted octanol–water partition coefficient (Wildman–Crippen LogP) is 2.29. The maximum absolute atomic E-state index is 11.5. The highest BCUT2D eigenvalue weighted by molar-refractivity contribution is 5.75. The minimum atomic E-state index is 0.0457. The summed E-state index contributed by atoms with van der Waals surface area (Å²) in [6.07, 6.45) is 1.42. The molecule has 1 amide bonds. The third kappa shape index (κ3) is 5.00. The summed E-state index contributed by atoms with van der Waals surface area (Å²) in [5.41, 5.74) is 2.48. The van der Waals surface area contributed by atoms with Crippen LogP contribution < -0.4 is 5.32 Å². The molecule has 17 heavy (non-hydrogen) atoms. The van der Waals surface area contributed by atoms with Crippen molar-refractivity contribution < 1.29 is 9.53 Å². The fourth-order valence-corrected chi connectivity index (χ4v) is 1.67. The van der Waals surface area contributed by atoms with Crippen LogP contribution >= 0.6 is 0 Å². The van der Waals surface area contributed by atoms with E-state index < -0.39 is 0 Å². The Bertz CT molecular complexity index is 350. The van der Waals surface area contributed by atoms with Gasteiger partial charge in [0.2, 0.25) is 5.91 Å². The summed E-state index contributed by atoms with van der Waals surface area (Å²) < 4.78 is 5.14. The van der Waals surface area contributed by atoms with Gasteiger partial charge < -0.3 is 10.1 Å². The molecule has 94 valence electrons. The minimum absolute atomic E-state index is 0.0457. The highest BCUT2D eigenvalue weighted by Crippen LogP contribution is 2.08. The molecule has 0 heterocycles. The number of carbonyl (C=O) groups is 1. The first-order valence-corrected chi connectivity index (χ1v) is 6.19. The van der Waals surface area contributed by atoms with Gasteiger partial charge in [-0.3, -0.25) is 4.79 Å². The van der Waals surface area contributed by atoms with Gasteiger partial charge in [0.25, 0.3) is 0 Å². The summed E-state index contributed by atoms with van der Waals surface area (Å²) in [5, 5.41) is 2.91. The van der Waals surface area contributed by atoms with Crippen LogP contribution in [0.5, 0.6) is 0 Å². The van der Waals surface area contributed by atoms with Crippen LogP contribution in [0, 0.1) is 0 Å². The van der Waals surface area contributed by atoms with Crippen molar-refractivity contribution in [3.63, 3.8) is 0 Å². The van der Waals surface area contributed by atoms with E-state index in [0.717, 1.165) is 6.42 Å². The molecule has 0 radical (unpaired) electrons. The van der Waals surface area contributed by atoms with Gasteiger partial charge in [-0.1, -0.05) is 31.2 Å². The Kier molecular flexibility index (Phi) is 6.33. The summed E-state index contributed by atoms with van der Waals surface area (Å²) in [4.78, 5) is 11.5. The van der Waals surface area contributed by atoms with Gasteiger partial charge >= 0.3 is 0 Å². The molecular formula is C14H21NO2. The van der Waals surface area contributed by atoms with E-state index in [9.17, 15) is 4.79 Å². The predicted molar refractivity (Wildman–Crippen MR) is 68.8 cm³/mol. The van der Waals surface area contributed by atoms with E-state index in [1.54, 1.807) is 0 Å². The number of hydrogen-bond donors (Lipinski definition) is 1. The van der Waals surface area contributed by atoms with E-state index in [1.807, 2.05) is 19.1 Å². The summed E-state index contributed by atoms with van der Waals surface area (Å²) in [6, 6.07) is 8.18. The van der Waals surface area contributed by atoms with Crippen LogP contribution in [0.25, 0.3) is 0 Å². The zero-order chi connectivity index (χ0) is 12.5. The number of nitrogens with one attached hydrogen (secondary N) is 1. The molecule has 3 nitrogen and oxygen atoms in total. The highest BCUT2D eigenvalue weighted by atomic mass is 16.5. The topological polar surface area (TPSA) is 38.3 Å². The van der Waals surface area contributed by atoms with E-state index in [4.69, 9.17) is 4.74 Å². The van der Waals surface area contributed by atoms with Gasteiger partial charge in [-0.2, -0.15) is 0 Å². The average molecular weight is 235 g/mol. The molecule has 0 fully saturated rings. The van der Waals surface area contributed by atoms with Crippen LogP contribution in [0.4, 0.5) is 0 Å². The third-order valence-electron chi connectivity index (χ3n) is 2.65.